The van der Waals surface area contributed by atoms with Crippen molar-refractivity contribution in [1.29, 1.82) is 0 Å². The van der Waals surface area contributed by atoms with Crippen molar-refractivity contribution >= 4 is 40.7 Å². The fourth-order valence-electron chi connectivity index (χ4n) is 9.92. The van der Waals surface area contributed by atoms with E-state index in [9.17, 15) is 0 Å². The maximum Gasteiger partial charge on any atom is 0.132 e. The Bertz CT molecular complexity index is 2210. The van der Waals surface area contributed by atoms with Crippen LogP contribution < -0.4 is 0 Å². The Morgan fingerprint density at radius 3 is 2.42 bits per heavy atom. The van der Waals surface area contributed by atoms with Crippen molar-refractivity contribution in [1.82, 2.24) is 9.13 Å². The van der Waals surface area contributed by atoms with Gasteiger partial charge in [0.25, 0.3) is 0 Å². The standard InChI is InChI=1S/C47H47N3/c1-4-14-32(15-5-1)36-29-42(33-16-6-2-7-17-33)48-47(31-36)50-44-23-13-11-21-39(44)41-28-34(25-27-45(41)50)35-24-26-40-38-20-10-12-22-43(38)49(46(40)30-35)37-18-8-3-9-19-37/h1-2,4-7,10,12-14,16,18,20,22-23,28,30-33,42H,3,8-9,11,15,17,19,21,24-27,29H2. The van der Waals surface area contributed by atoms with Crippen LogP contribution in [0.5, 0.6) is 0 Å². The van der Waals surface area contributed by atoms with Crippen LogP contribution in [-0.4, -0.2) is 21.0 Å². The molecule has 1 aliphatic heterocycles. The predicted molar refractivity (Wildman–Crippen MR) is 211 cm³/mol. The number of rotatable bonds is 4. The fourth-order valence-corrected chi connectivity index (χ4v) is 9.92. The number of allylic oxidation sites excluding steroid dienone is 13. The molecular weight excluding hydrogens is 607 g/mol. The van der Waals surface area contributed by atoms with Crippen LogP contribution in [-0.2, 0) is 19.3 Å². The number of para-hydroxylation sites is 1. The van der Waals surface area contributed by atoms with Crippen molar-refractivity contribution in [3.63, 3.8) is 0 Å². The van der Waals surface area contributed by atoms with E-state index in [0.29, 0.717) is 11.8 Å². The third-order valence-electron chi connectivity index (χ3n) is 12.4. The van der Waals surface area contributed by atoms with Gasteiger partial charge in [-0.25, -0.2) is 0 Å². The SMILES string of the molecule is C1=CCC(C2=CC(n3c4c(c5c3CCC(C3=Cc6c(c7ccccc7n6C6=CCCCC6)CC3)=C5)CCC=C4)=NC(C3C=CC=CC3)C2)C=C1. The number of aromatic nitrogens is 2. The lowest BCUT2D eigenvalue weighted by atomic mass is 9.81. The molecule has 3 heteroatoms. The number of benzene rings is 1. The second-order valence-corrected chi connectivity index (χ2v) is 15.3. The summed E-state index contributed by atoms with van der Waals surface area (Å²) in [5, 5.41) is 1.44. The van der Waals surface area contributed by atoms with Crippen LogP contribution in [0.25, 0.3) is 34.8 Å². The first-order valence-electron chi connectivity index (χ1n) is 19.4. The molecule has 250 valence electrons. The summed E-state index contributed by atoms with van der Waals surface area (Å²) in [5.41, 5.74) is 16.4. The molecule has 6 aliphatic carbocycles. The number of nitrogens with zero attached hydrogens (tertiary/aromatic N) is 3. The van der Waals surface area contributed by atoms with E-state index in [0.717, 1.165) is 63.6 Å². The number of fused-ring (bicyclic) bond motifs is 6. The topological polar surface area (TPSA) is 22.2 Å². The number of hydrogen-bond donors (Lipinski definition) is 0. The molecule has 50 heavy (non-hydrogen) atoms. The van der Waals surface area contributed by atoms with Gasteiger partial charge < -0.3 is 4.57 Å². The Morgan fingerprint density at radius 2 is 1.56 bits per heavy atom. The molecule has 10 rings (SSSR count). The van der Waals surface area contributed by atoms with Gasteiger partial charge in [0.15, 0.2) is 0 Å². The van der Waals surface area contributed by atoms with Crippen molar-refractivity contribution in [3.8, 4) is 0 Å². The smallest absolute Gasteiger partial charge is 0.132 e. The van der Waals surface area contributed by atoms with E-state index < -0.39 is 0 Å². The van der Waals surface area contributed by atoms with Crippen LogP contribution in [0.15, 0.2) is 113 Å². The monoisotopic (exact) mass is 653 g/mol. The van der Waals surface area contributed by atoms with Gasteiger partial charge in [-0.3, -0.25) is 9.56 Å². The lowest BCUT2D eigenvalue weighted by Gasteiger charge is -2.31. The summed E-state index contributed by atoms with van der Waals surface area (Å²) in [5.74, 6) is 2.08. The highest BCUT2D eigenvalue weighted by atomic mass is 15.1. The molecule has 0 saturated carbocycles. The molecule has 3 aromatic rings. The molecule has 0 spiro atoms. The number of aliphatic imine (C=N–C) groups is 1. The Morgan fingerprint density at radius 1 is 0.680 bits per heavy atom. The van der Waals surface area contributed by atoms with E-state index in [1.165, 1.54) is 70.5 Å². The summed E-state index contributed by atoms with van der Waals surface area (Å²) in [7, 11) is 0. The van der Waals surface area contributed by atoms with E-state index >= 15 is 0 Å². The van der Waals surface area contributed by atoms with Crippen LogP contribution >= 0.6 is 0 Å². The summed E-state index contributed by atoms with van der Waals surface area (Å²) in [6.45, 7) is 0. The highest BCUT2D eigenvalue weighted by molar-refractivity contribution is 6.00. The first kappa shape index (κ1) is 30.2. The van der Waals surface area contributed by atoms with Gasteiger partial charge in [0, 0.05) is 34.3 Å². The second kappa shape index (κ2) is 12.6. The van der Waals surface area contributed by atoms with E-state index in [-0.39, 0.29) is 6.04 Å². The molecule has 0 radical (unpaired) electrons. The van der Waals surface area contributed by atoms with Crippen LogP contribution in [0.1, 0.15) is 98.0 Å². The molecular formula is C47H47N3. The zero-order valence-electron chi connectivity index (χ0n) is 29.2. The van der Waals surface area contributed by atoms with Crippen molar-refractivity contribution in [2.75, 3.05) is 0 Å². The quantitative estimate of drug-likeness (QED) is 0.267. The van der Waals surface area contributed by atoms with E-state index in [4.69, 9.17) is 4.99 Å². The lowest BCUT2D eigenvalue weighted by molar-refractivity contribution is 0.479. The van der Waals surface area contributed by atoms with Gasteiger partial charge in [0.05, 0.1) is 17.3 Å². The summed E-state index contributed by atoms with van der Waals surface area (Å²) < 4.78 is 5.21. The zero-order valence-corrected chi connectivity index (χ0v) is 29.2. The van der Waals surface area contributed by atoms with Crippen LogP contribution in [0.4, 0.5) is 0 Å². The van der Waals surface area contributed by atoms with Crippen LogP contribution in [0, 0.1) is 11.8 Å². The molecule has 0 saturated heterocycles. The van der Waals surface area contributed by atoms with Crippen LogP contribution in [0.2, 0.25) is 0 Å². The van der Waals surface area contributed by atoms with E-state index in [1.54, 1.807) is 22.3 Å². The van der Waals surface area contributed by atoms with Gasteiger partial charge in [-0.1, -0.05) is 84.5 Å². The molecule has 0 bridgehead atoms. The lowest BCUT2D eigenvalue weighted by Crippen LogP contribution is -2.29. The largest absolute Gasteiger partial charge is 0.314 e. The van der Waals surface area contributed by atoms with Crippen molar-refractivity contribution < 1.29 is 0 Å². The van der Waals surface area contributed by atoms with Crippen molar-refractivity contribution in [3.05, 3.63) is 142 Å². The van der Waals surface area contributed by atoms with Gasteiger partial charge >= 0.3 is 0 Å². The summed E-state index contributed by atoms with van der Waals surface area (Å²) >= 11 is 0. The molecule has 0 amide bonds. The van der Waals surface area contributed by atoms with Gasteiger partial charge in [-0.2, -0.15) is 0 Å². The maximum atomic E-state index is 5.62. The minimum Gasteiger partial charge on any atom is -0.314 e. The third kappa shape index (κ3) is 5.12. The molecule has 3 nitrogen and oxygen atoms in total. The summed E-state index contributed by atoms with van der Waals surface area (Å²) in [6, 6.07) is 9.40. The summed E-state index contributed by atoms with van der Waals surface area (Å²) in [4.78, 5) is 5.62. The number of hydrogen-bond acceptors (Lipinski definition) is 1. The first-order valence-corrected chi connectivity index (χ1v) is 19.4. The number of dihydropyridines is 1. The van der Waals surface area contributed by atoms with Gasteiger partial charge in [0.1, 0.15) is 5.84 Å². The van der Waals surface area contributed by atoms with E-state index in [1.807, 2.05) is 0 Å². The zero-order chi connectivity index (χ0) is 33.0. The Balaban J connectivity index is 1.08. The first-order chi connectivity index (χ1) is 24.8. The van der Waals surface area contributed by atoms with Gasteiger partial charge in [0.2, 0.25) is 0 Å². The predicted octanol–water partition coefficient (Wildman–Crippen LogP) is 11.4. The van der Waals surface area contributed by atoms with Crippen molar-refractivity contribution in [2.45, 2.75) is 89.5 Å². The Kier molecular flexibility index (Phi) is 7.62. The van der Waals surface area contributed by atoms with Crippen molar-refractivity contribution in [2.24, 2.45) is 16.8 Å². The highest BCUT2D eigenvalue weighted by Crippen LogP contribution is 2.43. The molecule has 3 heterocycles. The Hall–Kier alpha value is -4.63. The average Bonchev–Trinajstić information content (AvgIpc) is 3.71. The number of aryl methyl sites for hydroxylation is 1. The normalized spacial score (nSPS) is 25.4. The minimum absolute atomic E-state index is 0.272. The maximum absolute atomic E-state index is 5.62. The molecule has 0 fully saturated rings. The molecule has 2 aromatic heterocycles. The van der Waals surface area contributed by atoms with E-state index in [2.05, 4.69) is 118 Å². The van der Waals surface area contributed by atoms with Crippen LogP contribution in [0.3, 0.4) is 0 Å². The molecule has 7 aliphatic rings. The Labute approximate surface area is 296 Å². The molecule has 1 aromatic carbocycles. The summed E-state index contributed by atoms with van der Waals surface area (Å²) in [6.07, 6.45) is 48.1. The average molecular weight is 654 g/mol. The second-order valence-electron chi connectivity index (χ2n) is 15.3. The molecule has 3 atom stereocenters. The highest BCUT2D eigenvalue weighted by Gasteiger charge is 2.32. The minimum atomic E-state index is 0.272. The van der Waals surface area contributed by atoms with Gasteiger partial charge in [-0.05, 0) is 142 Å². The van der Waals surface area contributed by atoms with Gasteiger partial charge in [-0.15, -0.1) is 0 Å². The third-order valence-corrected chi connectivity index (χ3v) is 12.4. The fraction of sp³-hybridized carbons (Fsp3) is 0.340. The molecule has 3 unspecified atom stereocenters. The molecule has 0 N–H and O–H groups in total.